The number of rotatable bonds is 5. The van der Waals surface area contributed by atoms with Crippen LogP contribution in [0.4, 0.5) is 5.69 Å². The maximum Gasteiger partial charge on any atom is 0.339 e. The Labute approximate surface area is 173 Å². The number of hydrogen-bond acceptors (Lipinski definition) is 6. The largest absolute Gasteiger partial charge is 0.496 e. The summed E-state index contributed by atoms with van der Waals surface area (Å²) in [6, 6.07) is 15.8. The van der Waals surface area contributed by atoms with E-state index in [0.717, 1.165) is 5.39 Å². The first-order valence-corrected chi connectivity index (χ1v) is 9.54. The first kappa shape index (κ1) is 19.6. The van der Waals surface area contributed by atoms with Gasteiger partial charge in [0, 0.05) is 17.1 Å². The molecule has 0 fully saturated rings. The zero-order chi connectivity index (χ0) is 21.1. The summed E-state index contributed by atoms with van der Waals surface area (Å²) in [5, 5.41) is 4.22. The molecule has 7 nitrogen and oxygen atoms in total. The normalized spacial score (nSPS) is 13.4. The first-order valence-electron chi connectivity index (χ1n) is 9.54. The third-order valence-corrected chi connectivity index (χ3v) is 4.79. The molecule has 1 aliphatic rings. The summed E-state index contributed by atoms with van der Waals surface area (Å²) in [5.74, 6) is 0.821. The predicted octanol–water partition coefficient (Wildman–Crippen LogP) is 3.80. The molecule has 0 aromatic heterocycles. The van der Waals surface area contributed by atoms with E-state index in [4.69, 9.17) is 18.9 Å². The van der Waals surface area contributed by atoms with E-state index in [1.165, 1.54) is 6.92 Å². The number of carbonyl (C=O) groups is 2. The number of carbonyl (C=O) groups excluding carboxylic acids is 2. The Morgan fingerprint density at radius 2 is 1.70 bits per heavy atom. The Balaban J connectivity index is 1.47. The van der Waals surface area contributed by atoms with Gasteiger partial charge in [-0.05, 0) is 36.6 Å². The molecule has 0 aliphatic carbocycles. The van der Waals surface area contributed by atoms with Gasteiger partial charge in [0.05, 0.1) is 12.7 Å². The highest BCUT2D eigenvalue weighted by atomic mass is 16.6. The van der Waals surface area contributed by atoms with E-state index < -0.39 is 18.0 Å². The molecule has 0 spiro atoms. The van der Waals surface area contributed by atoms with E-state index in [1.807, 2.05) is 24.3 Å². The molecular formula is C23H21NO6. The fraction of sp³-hybridized carbons (Fsp3) is 0.217. The number of nitrogens with one attached hydrogen (secondary N) is 1. The van der Waals surface area contributed by atoms with Crippen LogP contribution < -0.4 is 19.5 Å². The molecule has 7 heteroatoms. The molecule has 1 atom stereocenters. The van der Waals surface area contributed by atoms with Crippen molar-refractivity contribution in [2.75, 3.05) is 25.6 Å². The van der Waals surface area contributed by atoms with Crippen LogP contribution in [0.15, 0.2) is 54.6 Å². The molecule has 1 heterocycles. The van der Waals surface area contributed by atoms with Crippen molar-refractivity contribution in [3.63, 3.8) is 0 Å². The monoisotopic (exact) mass is 407 g/mol. The van der Waals surface area contributed by atoms with E-state index in [0.29, 0.717) is 47.1 Å². The Bertz CT molecular complexity index is 1110. The summed E-state index contributed by atoms with van der Waals surface area (Å²) in [6.45, 7) is 2.47. The van der Waals surface area contributed by atoms with Crippen molar-refractivity contribution < 1.29 is 28.5 Å². The minimum atomic E-state index is -0.994. The molecule has 1 N–H and O–H groups in total. The molecular weight excluding hydrogens is 386 g/mol. The van der Waals surface area contributed by atoms with Crippen LogP contribution >= 0.6 is 0 Å². The Morgan fingerprint density at radius 1 is 0.967 bits per heavy atom. The number of hydrogen-bond donors (Lipinski definition) is 1. The number of amides is 1. The highest BCUT2D eigenvalue weighted by Crippen LogP contribution is 2.33. The molecule has 30 heavy (non-hydrogen) atoms. The van der Waals surface area contributed by atoms with Crippen molar-refractivity contribution in [2.45, 2.75) is 13.0 Å². The van der Waals surface area contributed by atoms with Crippen molar-refractivity contribution in [2.24, 2.45) is 0 Å². The third-order valence-electron chi connectivity index (χ3n) is 4.79. The number of fused-ring (bicyclic) bond motifs is 2. The van der Waals surface area contributed by atoms with E-state index in [9.17, 15) is 9.59 Å². The molecule has 4 rings (SSSR count). The smallest absolute Gasteiger partial charge is 0.339 e. The van der Waals surface area contributed by atoms with Crippen LogP contribution in [0, 0.1) is 0 Å². The van der Waals surface area contributed by atoms with Gasteiger partial charge in [-0.1, -0.05) is 24.3 Å². The van der Waals surface area contributed by atoms with Gasteiger partial charge in [0.2, 0.25) is 0 Å². The van der Waals surface area contributed by atoms with Gasteiger partial charge in [0.15, 0.2) is 17.6 Å². The maximum atomic E-state index is 12.7. The Morgan fingerprint density at radius 3 is 2.47 bits per heavy atom. The van der Waals surface area contributed by atoms with Gasteiger partial charge in [0.25, 0.3) is 5.91 Å². The van der Waals surface area contributed by atoms with Crippen molar-refractivity contribution in [3.05, 3.63) is 60.2 Å². The van der Waals surface area contributed by atoms with Gasteiger partial charge >= 0.3 is 5.97 Å². The average Bonchev–Trinajstić information content (AvgIpc) is 2.78. The number of esters is 1. The second kappa shape index (κ2) is 8.32. The lowest BCUT2D eigenvalue weighted by molar-refractivity contribution is -0.123. The van der Waals surface area contributed by atoms with Crippen molar-refractivity contribution in [3.8, 4) is 17.2 Å². The quantitative estimate of drug-likeness (QED) is 0.648. The van der Waals surface area contributed by atoms with Crippen LogP contribution in [0.3, 0.4) is 0 Å². The lowest BCUT2D eigenvalue weighted by Crippen LogP contribution is -2.30. The maximum absolute atomic E-state index is 12.7. The number of methoxy groups -OCH3 is 1. The van der Waals surface area contributed by atoms with Gasteiger partial charge in [-0.25, -0.2) is 4.79 Å². The molecule has 0 radical (unpaired) electrons. The van der Waals surface area contributed by atoms with Crippen LogP contribution in [0.1, 0.15) is 17.3 Å². The summed E-state index contributed by atoms with van der Waals surface area (Å²) >= 11 is 0. The first-order chi connectivity index (χ1) is 14.6. The minimum Gasteiger partial charge on any atom is -0.496 e. The standard InChI is InChI=1S/C23H21NO6/c1-14(22(25)24-15-7-9-20-21(13-15)29-12-11-28-20)30-23(26)18-8-10-19(27-2)17-6-4-3-5-16(17)18/h3-10,13-14H,11-12H2,1-2H3,(H,24,25)/t14-/m0/s1. The van der Waals surface area contributed by atoms with Crippen LogP contribution in [0.2, 0.25) is 0 Å². The van der Waals surface area contributed by atoms with Crippen molar-refractivity contribution in [1.29, 1.82) is 0 Å². The van der Waals surface area contributed by atoms with Crippen LogP contribution in [-0.2, 0) is 9.53 Å². The lowest BCUT2D eigenvalue weighted by atomic mass is 10.0. The summed E-state index contributed by atoms with van der Waals surface area (Å²) in [6.07, 6.45) is -0.994. The van der Waals surface area contributed by atoms with Gasteiger partial charge in [-0.3, -0.25) is 4.79 Å². The third kappa shape index (κ3) is 3.87. The summed E-state index contributed by atoms with van der Waals surface area (Å²) in [4.78, 5) is 25.3. The second-order valence-electron chi connectivity index (χ2n) is 6.76. The predicted molar refractivity (Wildman–Crippen MR) is 111 cm³/mol. The molecule has 0 saturated carbocycles. The highest BCUT2D eigenvalue weighted by Gasteiger charge is 2.22. The molecule has 154 valence electrons. The van der Waals surface area contributed by atoms with E-state index in [2.05, 4.69) is 5.32 Å². The number of benzene rings is 3. The molecule has 1 amide bonds. The van der Waals surface area contributed by atoms with Crippen molar-refractivity contribution >= 4 is 28.3 Å². The molecule has 0 unspecified atom stereocenters. The summed E-state index contributed by atoms with van der Waals surface area (Å²) in [7, 11) is 1.57. The fourth-order valence-corrected chi connectivity index (χ4v) is 3.27. The van der Waals surface area contributed by atoms with Crippen LogP contribution in [0.25, 0.3) is 10.8 Å². The molecule has 1 aliphatic heterocycles. The van der Waals surface area contributed by atoms with Crippen LogP contribution in [-0.4, -0.2) is 38.3 Å². The van der Waals surface area contributed by atoms with E-state index in [-0.39, 0.29) is 0 Å². The molecule has 3 aromatic rings. The zero-order valence-electron chi connectivity index (χ0n) is 16.6. The van der Waals surface area contributed by atoms with Crippen molar-refractivity contribution in [1.82, 2.24) is 0 Å². The average molecular weight is 407 g/mol. The summed E-state index contributed by atoms with van der Waals surface area (Å²) < 4.78 is 21.8. The zero-order valence-corrected chi connectivity index (χ0v) is 16.6. The van der Waals surface area contributed by atoms with E-state index in [1.54, 1.807) is 37.4 Å². The number of anilines is 1. The molecule has 0 saturated heterocycles. The number of ether oxygens (including phenoxy) is 4. The lowest BCUT2D eigenvalue weighted by Gasteiger charge is -2.19. The van der Waals surface area contributed by atoms with Gasteiger partial charge < -0.3 is 24.3 Å². The van der Waals surface area contributed by atoms with Gasteiger partial charge in [-0.2, -0.15) is 0 Å². The SMILES string of the molecule is COc1ccc(C(=O)O[C@@H](C)C(=O)Nc2ccc3c(c2)OCCO3)c2ccccc12. The van der Waals surface area contributed by atoms with Crippen LogP contribution in [0.5, 0.6) is 17.2 Å². The Hall–Kier alpha value is -3.74. The topological polar surface area (TPSA) is 83.1 Å². The van der Waals surface area contributed by atoms with Gasteiger partial charge in [-0.15, -0.1) is 0 Å². The second-order valence-corrected chi connectivity index (χ2v) is 6.76. The minimum absolute atomic E-state index is 0.366. The summed E-state index contributed by atoms with van der Waals surface area (Å²) in [5.41, 5.74) is 0.896. The van der Waals surface area contributed by atoms with Gasteiger partial charge in [0.1, 0.15) is 19.0 Å². The highest BCUT2D eigenvalue weighted by molar-refractivity contribution is 6.07. The molecule has 0 bridgehead atoms. The Kier molecular flexibility index (Phi) is 5.43. The molecule has 3 aromatic carbocycles. The fourth-order valence-electron chi connectivity index (χ4n) is 3.27. The van der Waals surface area contributed by atoms with E-state index >= 15 is 0 Å².